The zero-order valence-corrected chi connectivity index (χ0v) is 25.1. The van der Waals surface area contributed by atoms with Crippen LogP contribution in [0.3, 0.4) is 0 Å². The molecule has 2 unspecified atom stereocenters. The number of carboxylic acid groups (broad SMARTS) is 1. The van der Waals surface area contributed by atoms with Crippen molar-refractivity contribution in [3.63, 3.8) is 0 Å². The molecule has 5 rings (SSSR count). The quantitative estimate of drug-likeness (QED) is 0.196. The largest absolute Gasteiger partial charge is 0.490 e. The number of piperidine rings is 1. The van der Waals surface area contributed by atoms with E-state index < -0.39 is 12.1 Å². The normalized spacial score (nSPS) is 17.2. The highest BCUT2D eigenvalue weighted by atomic mass is 32.1. The number of carbonyl (C=O) groups excluding carboxylic acids is 1. The number of nitrogens with one attached hydrogen (secondary N) is 3. The van der Waals surface area contributed by atoms with E-state index >= 15 is 0 Å². The molecule has 2 aromatic heterocycles. The summed E-state index contributed by atoms with van der Waals surface area (Å²) >= 11 is 5.15. The number of alkyl halides is 3. The summed E-state index contributed by atoms with van der Waals surface area (Å²) < 4.78 is 38.2. The van der Waals surface area contributed by atoms with Gasteiger partial charge in [0.15, 0.2) is 0 Å². The van der Waals surface area contributed by atoms with Gasteiger partial charge in [0.05, 0.1) is 11.6 Å². The maximum absolute atomic E-state index is 13.2. The lowest BCUT2D eigenvalue weighted by Gasteiger charge is -2.40. The fourth-order valence-corrected chi connectivity index (χ4v) is 5.16. The molecule has 2 aromatic carbocycles. The lowest BCUT2D eigenvalue weighted by molar-refractivity contribution is -0.192. The highest BCUT2D eigenvalue weighted by molar-refractivity contribution is 7.71. The second-order valence-corrected chi connectivity index (χ2v) is 11.1. The molecule has 0 radical (unpaired) electrons. The Bertz CT molecular complexity index is 1660. The molecule has 2 atom stereocenters. The monoisotopic (exact) mass is 630 g/mol. The first-order valence-corrected chi connectivity index (χ1v) is 14.3. The molecule has 14 heteroatoms. The van der Waals surface area contributed by atoms with E-state index in [0.29, 0.717) is 28.7 Å². The van der Waals surface area contributed by atoms with E-state index in [1.54, 1.807) is 12.1 Å². The Morgan fingerprint density at radius 3 is 2.43 bits per heavy atom. The summed E-state index contributed by atoms with van der Waals surface area (Å²) in [5.41, 5.74) is 3.59. The Morgan fingerprint density at radius 2 is 1.82 bits per heavy atom. The number of carboxylic acids is 1. The van der Waals surface area contributed by atoms with Crippen molar-refractivity contribution in [2.45, 2.75) is 58.0 Å². The molecule has 10 nitrogen and oxygen atoms in total. The molecular weight excluding hydrogens is 597 g/mol. The molecule has 1 fully saturated rings. The van der Waals surface area contributed by atoms with Crippen LogP contribution in [0.2, 0.25) is 0 Å². The number of rotatable bonds is 7. The fraction of sp³-hybridized carbons (Fsp3) is 0.367. The van der Waals surface area contributed by atoms with Crippen LogP contribution in [0.5, 0.6) is 5.75 Å². The maximum Gasteiger partial charge on any atom is 0.490 e. The lowest BCUT2D eigenvalue weighted by atomic mass is 9.90. The Kier molecular flexibility index (Phi) is 10.4. The van der Waals surface area contributed by atoms with Gasteiger partial charge in [-0.15, -0.1) is 0 Å². The summed E-state index contributed by atoms with van der Waals surface area (Å²) in [6, 6.07) is 17.7. The average Bonchev–Trinajstić information content (AvgIpc) is 3.41. The number of aromatic amines is 2. The van der Waals surface area contributed by atoms with Crippen LogP contribution < -0.4 is 10.1 Å². The van der Waals surface area contributed by atoms with Gasteiger partial charge < -0.3 is 15.2 Å². The minimum Gasteiger partial charge on any atom is -0.489 e. The van der Waals surface area contributed by atoms with Gasteiger partial charge in [0.25, 0.3) is 5.91 Å². The number of amides is 1. The van der Waals surface area contributed by atoms with Crippen LogP contribution in [0, 0.1) is 11.7 Å². The van der Waals surface area contributed by atoms with Crippen molar-refractivity contribution >= 4 is 35.0 Å². The van der Waals surface area contributed by atoms with Crippen LogP contribution >= 0.6 is 12.2 Å². The average molecular weight is 631 g/mol. The van der Waals surface area contributed by atoms with Crippen molar-refractivity contribution in [2.75, 3.05) is 13.1 Å². The number of pyridine rings is 1. The second kappa shape index (κ2) is 14.0. The molecule has 234 valence electrons. The molecule has 0 bridgehead atoms. The molecule has 0 spiro atoms. The van der Waals surface area contributed by atoms with E-state index in [1.807, 2.05) is 37.3 Å². The maximum atomic E-state index is 13.2. The fourth-order valence-electron chi connectivity index (χ4n) is 5.01. The number of hydrogen-bond donors (Lipinski definition) is 4. The molecule has 1 aliphatic rings. The van der Waals surface area contributed by atoms with Gasteiger partial charge in [-0.05, 0) is 82.4 Å². The van der Waals surface area contributed by atoms with Crippen LogP contribution in [0.15, 0.2) is 54.6 Å². The van der Waals surface area contributed by atoms with Gasteiger partial charge in [0.1, 0.15) is 18.2 Å². The number of ether oxygens (including phenoxy) is 1. The number of H-pyrrole nitrogens is 2. The first kappa shape index (κ1) is 32.6. The molecule has 1 amide bonds. The Balaban J connectivity index is 0.000000566. The first-order chi connectivity index (χ1) is 20.8. The number of benzene rings is 2. The number of fused-ring (bicyclic) bond motifs is 1. The number of nitrogens with zero attached hydrogens (tertiary/aromatic N) is 3. The molecule has 1 saturated heterocycles. The molecule has 3 heterocycles. The van der Waals surface area contributed by atoms with Crippen molar-refractivity contribution in [2.24, 2.45) is 0 Å². The van der Waals surface area contributed by atoms with E-state index in [2.05, 4.69) is 56.4 Å². The van der Waals surface area contributed by atoms with Gasteiger partial charge >= 0.3 is 12.1 Å². The van der Waals surface area contributed by atoms with E-state index in [4.69, 9.17) is 26.9 Å². The van der Waals surface area contributed by atoms with Crippen molar-refractivity contribution in [3.05, 3.63) is 82.0 Å². The van der Waals surface area contributed by atoms with Gasteiger partial charge in [-0.3, -0.25) is 24.9 Å². The third-order valence-corrected chi connectivity index (χ3v) is 7.44. The van der Waals surface area contributed by atoms with E-state index in [1.165, 1.54) is 0 Å². The van der Waals surface area contributed by atoms with Gasteiger partial charge in [-0.1, -0.05) is 18.2 Å². The third-order valence-electron chi connectivity index (χ3n) is 7.24. The molecule has 0 aliphatic carbocycles. The zero-order chi connectivity index (χ0) is 32.0. The van der Waals surface area contributed by atoms with Crippen LogP contribution in [0.1, 0.15) is 53.6 Å². The second-order valence-electron chi connectivity index (χ2n) is 10.7. The van der Waals surface area contributed by atoms with Crippen LogP contribution in [0.25, 0.3) is 10.9 Å². The smallest absolute Gasteiger partial charge is 0.489 e. The van der Waals surface area contributed by atoms with Crippen molar-refractivity contribution in [1.82, 2.24) is 30.4 Å². The predicted octanol–water partition coefficient (Wildman–Crippen LogP) is 5.53. The Morgan fingerprint density at radius 1 is 1.14 bits per heavy atom. The lowest BCUT2D eigenvalue weighted by Crippen LogP contribution is -2.53. The van der Waals surface area contributed by atoms with Crippen LogP contribution in [-0.4, -0.2) is 73.4 Å². The molecular formula is C30H33F3N6O4S. The number of likely N-dealkylation sites (tertiary alicyclic amines) is 1. The topological polar surface area (TPSA) is 136 Å². The number of aryl methyl sites for hydroxylation is 1. The first-order valence-electron chi connectivity index (χ1n) is 13.9. The SMILES string of the molecule is Cc1cc(COc2ccc(C(=O)NC3CN(C(C)C)CCC3c3nc(=S)[nH][nH]3)cc2)c2ccccc2n1.O=C(O)C(F)(F)F. The molecule has 4 aromatic rings. The summed E-state index contributed by atoms with van der Waals surface area (Å²) in [6.07, 6.45) is -4.20. The highest BCUT2D eigenvalue weighted by Crippen LogP contribution is 2.28. The van der Waals surface area contributed by atoms with Gasteiger partial charge in [0.2, 0.25) is 4.77 Å². The number of hydrogen-bond acceptors (Lipinski definition) is 7. The van der Waals surface area contributed by atoms with Gasteiger partial charge in [0, 0.05) is 40.7 Å². The number of halogens is 3. The minimum atomic E-state index is -5.08. The zero-order valence-electron chi connectivity index (χ0n) is 24.3. The van der Waals surface area contributed by atoms with E-state index in [0.717, 1.165) is 47.5 Å². The Labute approximate surface area is 256 Å². The summed E-state index contributed by atoms with van der Waals surface area (Å²) in [7, 11) is 0. The highest BCUT2D eigenvalue weighted by Gasteiger charge is 2.38. The number of aromatic nitrogens is 4. The standard InChI is InChI=1S/C28H32N6O2S.C2HF3O2/c1-17(2)34-13-12-23(26-31-28(37)33-32-26)25(15-34)30-27(35)19-8-10-21(11-9-19)36-16-20-14-18(3)29-24-7-5-4-6-22(20)24;3-2(4,5)1(6)7/h4-11,14,17,23,25H,12-13,15-16H2,1-3H3,(H,30,35)(H2,31,32,33,37);(H,6,7). The third kappa shape index (κ3) is 8.41. The Hall–Kier alpha value is -4.30. The van der Waals surface area contributed by atoms with Crippen LogP contribution in [-0.2, 0) is 11.4 Å². The van der Waals surface area contributed by atoms with Gasteiger partial charge in [-0.2, -0.15) is 13.2 Å². The molecule has 44 heavy (non-hydrogen) atoms. The summed E-state index contributed by atoms with van der Waals surface area (Å²) in [4.78, 5) is 33.5. The van der Waals surface area contributed by atoms with Crippen molar-refractivity contribution in [1.29, 1.82) is 0 Å². The molecule has 0 saturated carbocycles. The van der Waals surface area contributed by atoms with Crippen molar-refractivity contribution < 1.29 is 32.6 Å². The van der Waals surface area contributed by atoms with E-state index in [9.17, 15) is 18.0 Å². The summed E-state index contributed by atoms with van der Waals surface area (Å²) in [5.74, 6) is -1.31. The predicted molar refractivity (Wildman–Crippen MR) is 160 cm³/mol. The van der Waals surface area contributed by atoms with Gasteiger partial charge in [-0.25, -0.2) is 9.78 Å². The molecule has 4 N–H and O–H groups in total. The molecule has 1 aliphatic heterocycles. The minimum absolute atomic E-state index is 0.0631. The summed E-state index contributed by atoms with van der Waals surface area (Å²) in [5, 5.41) is 17.4. The number of aliphatic carboxylic acids is 1. The van der Waals surface area contributed by atoms with E-state index in [-0.39, 0.29) is 17.9 Å². The van der Waals surface area contributed by atoms with Crippen molar-refractivity contribution in [3.8, 4) is 5.75 Å². The number of carbonyl (C=O) groups is 2. The van der Waals surface area contributed by atoms with Crippen LogP contribution in [0.4, 0.5) is 13.2 Å². The summed E-state index contributed by atoms with van der Waals surface area (Å²) in [6.45, 7) is 8.46. The number of para-hydroxylation sites is 1.